The van der Waals surface area contributed by atoms with Gasteiger partial charge in [0.1, 0.15) is 5.75 Å². The van der Waals surface area contributed by atoms with Crippen LogP contribution in [0.2, 0.25) is 0 Å². The molecule has 1 aromatic rings. The minimum absolute atomic E-state index is 0.158. The third kappa shape index (κ3) is 3.45. The number of nitrogens with one attached hydrogen (secondary N) is 1. The van der Waals surface area contributed by atoms with Crippen LogP contribution in [0.15, 0.2) is 24.3 Å². The van der Waals surface area contributed by atoms with Gasteiger partial charge in [0.15, 0.2) is 0 Å². The number of hydrogen-bond donors (Lipinski definition) is 3. The van der Waals surface area contributed by atoms with Crippen LogP contribution < -0.4 is 11.1 Å². The van der Waals surface area contributed by atoms with Crippen LogP contribution in [0, 0.1) is 0 Å². The van der Waals surface area contributed by atoms with E-state index in [0.717, 1.165) is 5.56 Å². The van der Waals surface area contributed by atoms with Crippen molar-refractivity contribution >= 4 is 0 Å². The molecule has 4 N–H and O–H groups in total. The number of phenolic OH excluding ortho intramolecular Hbond substituents is 1. The molecule has 1 atom stereocenters. The molecule has 17 heavy (non-hydrogen) atoms. The molecule has 0 bridgehead atoms. The number of phenols is 1. The number of hydrogen-bond acceptors (Lipinski definition) is 3. The second kappa shape index (κ2) is 6.03. The van der Waals surface area contributed by atoms with E-state index in [4.69, 9.17) is 5.73 Å². The Bertz CT molecular complexity index is 348. The lowest BCUT2D eigenvalue weighted by Crippen LogP contribution is -2.37. The van der Waals surface area contributed by atoms with Gasteiger partial charge >= 0.3 is 0 Å². The van der Waals surface area contributed by atoms with Crippen molar-refractivity contribution in [3.05, 3.63) is 29.8 Å². The molecule has 0 aromatic heterocycles. The molecule has 94 valence electrons. The Labute approximate surface area is 103 Å². The molecule has 2 rings (SSSR count). The molecule has 3 heteroatoms. The minimum atomic E-state index is 0.158. The third-order valence-corrected chi connectivity index (χ3v) is 3.55. The predicted molar refractivity (Wildman–Crippen MR) is 69.9 cm³/mol. The average Bonchev–Trinajstić information content (AvgIpc) is 2.37. The van der Waals surface area contributed by atoms with E-state index >= 15 is 0 Å². The van der Waals surface area contributed by atoms with Gasteiger partial charge in [-0.25, -0.2) is 0 Å². The van der Waals surface area contributed by atoms with Gasteiger partial charge in [-0.15, -0.1) is 0 Å². The minimum Gasteiger partial charge on any atom is -0.508 e. The average molecular weight is 234 g/mol. The van der Waals surface area contributed by atoms with E-state index in [9.17, 15) is 5.11 Å². The Morgan fingerprint density at radius 1 is 1.29 bits per heavy atom. The summed E-state index contributed by atoms with van der Waals surface area (Å²) in [6, 6.07) is 8.12. The Morgan fingerprint density at radius 3 is 2.71 bits per heavy atom. The Balaban J connectivity index is 2.00. The van der Waals surface area contributed by atoms with Crippen molar-refractivity contribution in [2.24, 2.45) is 5.73 Å². The molecule has 0 heterocycles. The van der Waals surface area contributed by atoms with Gasteiger partial charge < -0.3 is 16.2 Å². The summed E-state index contributed by atoms with van der Waals surface area (Å²) in [6.07, 6.45) is 6.48. The fourth-order valence-electron chi connectivity index (χ4n) is 2.60. The Hall–Kier alpha value is -1.06. The molecule has 1 aliphatic rings. The van der Waals surface area contributed by atoms with Crippen molar-refractivity contribution < 1.29 is 5.11 Å². The number of rotatable bonds is 4. The standard InChI is InChI=1S/C14H22N2O/c15-10-14(11-5-4-8-13(17)9-11)16-12-6-2-1-3-7-12/h4-5,8-9,12,14,16-17H,1-3,6-7,10,15H2. The van der Waals surface area contributed by atoms with Crippen molar-refractivity contribution in [2.75, 3.05) is 6.54 Å². The zero-order valence-corrected chi connectivity index (χ0v) is 10.2. The largest absolute Gasteiger partial charge is 0.508 e. The molecule has 0 saturated heterocycles. The van der Waals surface area contributed by atoms with Gasteiger partial charge in [-0.3, -0.25) is 0 Å². The highest BCUT2D eigenvalue weighted by Gasteiger charge is 2.18. The summed E-state index contributed by atoms with van der Waals surface area (Å²) in [5, 5.41) is 13.1. The van der Waals surface area contributed by atoms with Gasteiger partial charge in [0.25, 0.3) is 0 Å². The lowest BCUT2D eigenvalue weighted by Gasteiger charge is -2.28. The molecule has 0 aliphatic heterocycles. The maximum Gasteiger partial charge on any atom is 0.115 e. The summed E-state index contributed by atoms with van der Waals surface area (Å²) in [4.78, 5) is 0. The van der Waals surface area contributed by atoms with Crippen LogP contribution in [0.3, 0.4) is 0 Å². The summed E-state index contributed by atoms with van der Waals surface area (Å²) in [5.41, 5.74) is 6.91. The van der Waals surface area contributed by atoms with Gasteiger partial charge in [-0.1, -0.05) is 31.4 Å². The first-order valence-corrected chi connectivity index (χ1v) is 6.54. The number of benzene rings is 1. The van der Waals surface area contributed by atoms with Crippen molar-refractivity contribution in [3.63, 3.8) is 0 Å². The highest BCUT2D eigenvalue weighted by Crippen LogP contribution is 2.22. The molecule has 0 radical (unpaired) electrons. The van der Waals surface area contributed by atoms with E-state index in [0.29, 0.717) is 18.3 Å². The van der Waals surface area contributed by atoms with E-state index in [1.165, 1.54) is 32.1 Å². The van der Waals surface area contributed by atoms with Crippen molar-refractivity contribution in [3.8, 4) is 5.75 Å². The van der Waals surface area contributed by atoms with E-state index in [-0.39, 0.29) is 6.04 Å². The fourth-order valence-corrected chi connectivity index (χ4v) is 2.60. The molecule has 0 amide bonds. The van der Waals surface area contributed by atoms with Crippen LogP contribution in [0.25, 0.3) is 0 Å². The summed E-state index contributed by atoms with van der Waals surface area (Å²) in [6.45, 7) is 0.569. The van der Waals surface area contributed by atoms with E-state index in [2.05, 4.69) is 5.32 Å². The van der Waals surface area contributed by atoms with Crippen molar-refractivity contribution in [1.82, 2.24) is 5.32 Å². The van der Waals surface area contributed by atoms with Crippen molar-refractivity contribution in [2.45, 2.75) is 44.2 Å². The monoisotopic (exact) mass is 234 g/mol. The zero-order valence-electron chi connectivity index (χ0n) is 10.2. The highest BCUT2D eigenvalue weighted by molar-refractivity contribution is 5.29. The Morgan fingerprint density at radius 2 is 2.06 bits per heavy atom. The van der Waals surface area contributed by atoms with Gasteiger partial charge in [0.2, 0.25) is 0 Å². The maximum atomic E-state index is 9.49. The van der Waals surface area contributed by atoms with Crippen LogP contribution in [-0.2, 0) is 0 Å². The molecule has 3 nitrogen and oxygen atoms in total. The summed E-state index contributed by atoms with van der Waals surface area (Å²) in [7, 11) is 0. The summed E-state index contributed by atoms with van der Waals surface area (Å²) >= 11 is 0. The maximum absolute atomic E-state index is 9.49. The fraction of sp³-hybridized carbons (Fsp3) is 0.571. The van der Waals surface area contributed by atoms with E-state index < -0.39 is 0 Å². The van der Waals surface area contributed by atoms with Crippen LogP contribution in [0.1, 0.15) is 43.7 Å². The first-order chi connectivity index (χ1) is 8.29. The number of aromatic hydroxyl groups is 1. The van der Waals surface area contributed by atoms with Gasteiger partial charge in [0, 0.05) is 18.6 Å². The normalized spacial score (nSPS) is 19.1. The molecular formula is C14H22N2O. The van der Waals surface area contributed by atoms with Gasteiger partial charge in [-0.2, -0.15) is 0 Å². The molecule has 0 spiro atoms. The highest BCUT2D eigenvalue weighted by atomic mass is 16.3. The first kappa shape index (κ1) is 12.4. The molecular weight excluding hydrogens is 212 g/mol. The van der Waals surface area contributed by atoms with Crippen LogP contribution in [0.4, 0.5) is 0 Å². The number of nitrogens with two attached hydrogens (primary N) is 1. The third-order valence-electron chi connectivity index (χ3n) is 3.55. The summed E-state index contributed by atoms with van der Waals surface area (Å²) in [5.74, 6) is 0.311. The topological polar surface area (TPSA) is 58.3 Å². The lowest BCUT2D eigenvalue weighted by molar-refractivity contribution is 0.340. The van der Waals surface area contributed by atoms with Crippen LogP contribution >= 0.6 is 0 Å². The molecule has 1 aromatic carbocycles. The van der Waals surface area contributed by atoms with Crippen LogP contribution in [0.5, 0.6) is 5.75 Å². The molecule has 1 unspecified atom stereocenters. The Kier molecular flexibility index (Phi) is 4.40. The molecule has 1 aliphatic carbocycles. The smallest absolute Gasteiger partial charge is 0.115 e. The molecule has 1 saturated carbocycles. The van der Waals surface area contributed by atoms with E-state index in [1.54, 1.807) is 12.1 Å². The van der Waals surface area contributed by atoms with Crippen molar-refractivity contribution in [1.29, 1.82) is 0 Å². The molecule has 1 fully saturated rings. The second-order valence-electron chi connectivity index (χ2n) is 4.88. The lowest BCUT2D eigenvalue weighted by atomic mass is 9.94. The van der Waals surface area contributed by atoms with Gasteiger partial charge in [-0.05, 0) is 30.5 Å². The second-order valence-corrected chi connectivity index (χ2v) is 4.88. The quantitative estimate of drug-likeness (QED) is 0.749. The SMILES string of the molecule is NCC(NC1CCCCC1)c1cccc(O)c1. The first-order valence-electron chi connectivity index (χ1n) is 6.54. The zero-order chi connectivity index (χ0) is 12.1. The van der Waals surface area contributed by atoms with Gasteiger partial charge in [0.05, 0.1) is 0 Å². The predicted octanol–water partition coefficient (Wildman–Crippen LogP) is 2.31. The summed E-state index contributed by atoms with van der Waals surface area (Å²) < 4.78 is 0. The van der Waals surface area contributed by atoms with E-state index in [1.807, 2.05) is 12.1 Å². The van der Waals surface area contributed by atoms with Crippen LogP contribution in [-0.4, -0.2) is 17.7 Å².